The Morgan fingerprint density at radius 3 is 2.39 bits per heavy atom. The number of aliphatic hydroxyl groups excluding tert-OH is 1. The second-order valence-electron chi connectivity index (χ2n) is 7.21. The molecule has 0 aliphatic heterocycles. The molecule has 0 aromatic rings. The summed E-state index contributed by atoms with van der Waals surface area (Å²) in [6, 6.07) is 0. The van der Waals surface area contributed by atoms with Gasteiger partial charge in [-0.3, -0.25) is 0 Å². The molecule has 5 atom stereocenters. The van der Waals surface area contributed by atoms with Crippen LogP contribution in [-0.2, 0) is 9.36 Å². The molecule has 0 heterocycles. The third-order valence-corrected chi connectivity index (χ3v) is 7.18. The van der Waals surface area contributed by atoms with Crippen molar-refractivity contribution in [3.05, 3.63) is 0 Å². The standard InChI is InChI=1S/C16H33AsNO4P/c1-11(2)8-14(17)16(20)18-10-13(19)9-15(23(21)22)12-6-4-3-5-7-12/h11-15,19,23H,3-10,17H2,1-2H3,(H,18,20)(H,21,22)/t13-,14+,15?/m1/s1. The Hall–Kier alpha value is 0.178. The van der Waals surface area contributed by atoms with Crippen LogP contribution < -0.4 is 5.32 Å². The number of carbonyl (C=O) groups excluding carboxylic acids is 1. The van der Waals surface area contributed by atoms with E-state index in [1.807, 2.05) is 0 Å². The minimum atomic E-state index is -2.66. The minimum absolute atomic E-state index is 0.0131. The van der Waals surface area contributed by atoms with Crippen molar-refractivity contribution < 1.29 is 19.4 Å². The molecule has 3 unspecified atom stereocenters. The van der Waals surface area contributed by atoms with E-state index >= 15 is 0 Å². The second kappa shape index (κ2) is 10.9. The molecule has 136 valence electrons. The van der Waals surface area contributed by atoms with E-state index in [1.54, 1.807) is 0 Å². The average molecular weight is 409 g/mol. The Kier molecular flexibility index (Phi) is 10.1. The Labute approximate surface area is 149 Å². The van der Waals surface area contributed by atoms with E-state index < -0.39 is 14.1 Å². The van der Waals surface area contributed by atoms with Gasteiger partial charge in [0.15, 0.2) is 0 Å². The molecule has 1 rings (SSSR count). The zero-order valence-electron chi connectivity index (χ0n) is 14.3. The summed E-state index contributed by atoms with van der Waals surface area (Å²) in [5, 5.41) is 13.0. The van der Waals surface area contributed by atoms with Crippen LogP contribution in [0.2, 0.25) is 4.71 Å². The summed E-state index contributed by atoms with van der Waals surface area (Å²) in [5.74, 6) is 0.690. The predicted molar refractivity (Wildman–Crippen MR) is 97.0 cm³/mol. The second-order valence-corrected chi connectivity index (χ2v) is 10.3. The van der Waals surface area contributed by atoms with Gasteiger partial charge >= 0.3 is 149 Å². The molecule has 0 radical (unpaired) electrons. The number of hydrogen-bond acceptors (Lipinski definition) is 3. The van der Waals surface area contributed by atoms with Crippen molar-refractivity contribution in [2.24, 2.45) is 11.8 Å². The zero-order valence-corrected chi connectivity index (χ0v) is 17.8. The first-order valence-corrected chi connectivity index (χ1v) is 11.6. The van der Waals surface area contributed by atoms with Crippen LogP contribution in [0, 0.1) is 11.8 Å². The summed E-state index contributed by atoms with van der Waals surface area (Å²) < 4.78 is 11.7. The van der Waals surface area contributed by atoms with E-state index in [2.05, 4.69) is 19.2 Å². The van der Waals surface area contributed by atoms with Gasteiger partial charge in [-0.05, 0) is 0 Å². The Morgan fingerprint density at radius 2 is 1.87 bits per heavy atom. The van der Waals surface area contributed by atoms with Gasteiger partial charge < -0.3 is 0 Å². The Morgan fingerprint density at radius 1 is 1.26 bits per heavy atom. The van der Waals surface area contributed by atoms with Crippen molar-refractivity contribution in [1.29, 1.82) is 0 Å². The predicted octanol–water partition coefficient (Wildman–Crippen LogP) is 1.74. The van der Waals surface area contributed by atoms with Crippen LogP contribution in [0.5, 0.6) is 0 Å². The number of aliphatic hydroxyl groups is 1. The van der Waals surface area contributed by atoms with E-state index in [4.69, 9.17) is 0 Å². The molecular weight excluding hydrogens is 376 g/mol. The molecule has 0 saturated heterocycles. The van der Waals surface area contributed by atoms with Gasteiger partial charge in [-0.1, -0.05) is 0 Å². The summed E-state index contributed by atoms with van der Waals surface area (Å²) >= 11 is 1.40. The summed E-state index contributed by atoms with van der Waals surface area (Å²) in [7, 11) is -2.66. The molecule has 1 saturated carbocycles. The van der Waals surface area contributed by atoms with Crippen LogP contribution in [0.3, 0.4) is 0 Å². The number of nitrogens with one attached hydrogen (secondary N) is 1. The molecule has 23 heavy (non-hydrogen) atoms. The van der Waals surface area contributed by atoms with Gasteiger partial charge in [-0.2, -0.15) is 0 Å². The van der Waals surface area contributed by atoms with Gasteiger partial charge in [-0.15, -0.1) is 0 Å². The fraction of sp³-hybridized carbons (Fsp3) is 0.938. The van der Waals surface area contributed by atoms with Gasteiger partial charge in [0.25, 0.3) is 0 Å². The number of rotatable bonds is 9. The van der Waals surface area contributed by atoms with Gasteiger partial charge in [0.2, 0.25) is 0 Å². The van der Waals surface area contributed by atoms with Crippen LogP contribution in [0.4, 0.5) is 0 Å². The van der Waals surface area contributed by atoms with Crippen molar-refractivity contribution in [3.63, 3.8) is 0 Å². The normalized spacial score (nSPS) is 21.7. The van der Waals surface area contributed by atoms with E-state index in [9.17, 15) is 19.4 Å². The van der Waals surface area contributed by atoms with Crippen LogP contribution >= 0.6 is 8.03 Å². The summed E-state index contributed by atoms with van der Waals surface area (Å²) in [4.78, 5) is 21.6. The van der Waals surface area contributed by atoms with Crippen LogP contribution in [0.1, 0.15) is 58.8 Å². The van der Waals surface area contributed by atoms with Crippen molar-refractivity contribution in [1.82, 2.24) is 5.32 Å². The molecule has 1 amide bonds. The molecule has 0 aromatic carbocycles. The number of carbonyl (C=O) groups is 1. The molecule has 1 aliphatic carbocycles. The summed E-state index contributed by atoms with van der Waals surface area (Å²) in [5.41, 5.74) is -0.315. The Bertz CT molecular complexity index is 388. The van der Waals surface area contributed by atoms with Crippen molar-refractivity contribution >= 4 is 30.8 Å². The molecule has 1 aliphatic rings. The van der Waals surface area contributed by atoms with Gasteiger partial charge in [0.1, 0.15) is 0 Å². The third-order valence-electron chi connectivity index (χ3n) is 4.64. The molecular formula is C16H33AsNO4P. The van der Waals surface area contributed by atoms with E-state index in [1.165, 1.54) is 23.3 Å². The molecule has 3 N–H and O–H groups in total. The number of hydrogen-bond donors (Lipinski definition) is 3. The van der Waals surface area contributed by atoms with E-state index in [-0.39, 0.29) is 28.7 Å². The third kappa shape index (κ3) is 8.20. The molecule has 0 spiro atoms. The quantitative estimate of drug-likeness (QED) is 0.400. The van der Waals surface area contributed by atoms with Gasteiger partial charge in [0.05, 0.1) is 0 Å². The Balaban J connectivity index is 2.41. The van der Waals surface area contributed by atoms with Gasteiger partial charge in [0, 0.05) is 0 Å². The SMILES string of the molecule is CC(C)C[C@H]([AsH2])C(=O)NC[C@H](O)CC(C1CCCCC1)[PH](=O)O. The fourth-order valence-electron chi connectivity index (χ4n) is 3.37. The molecule has 5 nitrogen and oxygen atoms in total. The van der Waals surface area contributed by atoms with Crippen LogP contribution in [0.25, 0.3) is 0 Å². The summed E-state index contributed by atoms with van der Waals surface area (Å²) in [6.07, 6.45) is 5.79. The first kappa shape index (κ1) is 21.2. The molecule has 0 aromatic heterocycles. The number of amides is 1. The molecule has 0 bridgehead atoms. The zero-order chi connectivity index (χ0) is 17.4. The maximum atomic E-state index is 12.0. The average Bonchev–Trinajstić information content (AvgIpc) is 2.50. The van der Waals surface area contributed by atoms with E-state index in [0.717, 1.165) is 32.1 Å². The first-order chi connectivity index (χ1) is 10.8. The monoisotopic (exact) mass is 409 g/mol. The van der Waals surface area contributed by atoms with Crippen molar-refractivity contribution in [2.75, 3.05) is 6.54 Å². The van der Waals surface area contributed by atoms with Crippen molar-refractivity contribution in [2.45, 2.75) is 75.3 Å². The maximum absolute atomic E-state index is 12.0. The first-order valence-electron chi connectivity index (χ1n) is 8.75. The molecule has 7 heteroatoms. The van der Waals surface area contributed by atoms with E-state index in [0.29, 0.717) is 12.3 Å². The molecule has 1 fully saturated rings. The van der Waals surface area contributed by atoms with Crippen LogP contribution in [-0.4, -0.2) is 51.1 Å². The van der Waals surface area contributed by atoms with Crippen LogP contribution in [0.15, 0.2) is 0 Å². The topological polar surface area (TPSA) is 86.6 Å². The van der Waals surface area contributed by atoms with Crippen molar-refractivity contribution in [3.8, 4) is 0 Å². The summed E-state index contributed by atoms with van der Waals surface area (Å²) in [6.45, 7) is 4.35. The fourth-order valence-corrected chi connectivity index (χ4v) is 5.97. The van der Waals surface area contributed by atoms with Gasteiger partial charge in [-0.25, -0.2) is 0 Å².